The Labute approximate surface area is 114 Å². The summed E-state index contributed by atoms with van der Waals surface area (Å²) in [6, 6.07) is 8.43. The van der Waals surface area contributed by atoms with E-state index in [0.29, 0.717) is 6.04 Å². The molecule has 1 aromatic carbocycles. The smallest absolute Gasteiger partial charge is 0.123 e. The van der Waals surface area contributed by atoms with Crippen LogP contribution in [-0.2, 0) is 6.54 Å². The average molecular weight is 259 g/mol. The molecule has 1 heterocycles. The van der Waals surface area contributed by atoms with Crippen LogP contribution in [0.4, 0.5) is 0 Å². The zero-order valence-electron chi connectivity index (χ0n) is 11.5. The molecular weight excluding hydrogens is 238 g/mol. The molecule has 1 aromatic heterocycles. The molecule has 0 aliphatic heterocycles. The minimum absolute atomic E-state index is 0.291. The Kier molecular flexibility index (Phi) is 4.98. The summed E-state index contributed by atoms with van der Waals surface area (Å²) in [4.78, 5) is 4.03. The van der Waals surface area contributed by atoms with Crippen LogP contribution in [0.25, 0.3) is 0 Å². The fraction of sp³-hybridized carbons (Fsp3) is 0.400. The van der Waals surface area contributed by atoms with Gasteiger partial charge in [-0.05, 0) is 26.0 Å². The normalized spacial score (nSPS) is 12.3. The minimum atomic E-state index is 0.291. The molecule has 19 heavy (non-hydrogen) atoms. The van der Waals surface area contributed by atoms with Crippen molar-refractivity contribution in [1.82, 2.24) is 14.9 Å². The van der Waals surface area contributed by atoms with Gasteiger partial charge < -0.3 is 14.6 Å². The number of aromatic nitrogens is 2. The summed E-state index contributed by atoms with van der Waals surface area (Å²) in [5.74, 6) is 0.942. The zero-order valence-corrected chi connectivity index (χ0v) is 11.5. The molecule has 102 valence electrons. The van der Waals surface area contributed by atoms with Crippen molar-refractivity contribution in [3.05, 3.63) is 48.5 Å². The van der Waals surface area contributed by atoms with E-state index in [-0.39, 0.29) is 0 Å². The van der Waals surface area contributed by atoms with Gasteiger partial charge in [-0.1, -0.05) is 18.2 Å². The Bertz CT molecular complexity index is 482. The Hall–Kier alpha value is -1.81. The van der Waals surface area contributed by atoms with E-state index in [2.05, 4.69) is 27.9 Å². The number of rotatable bonds is 7. The standard InChI is InChI=1S/C15H21N3O/c1-13(14-6-3-4-7-15(14)19-2)17-8-5-10-18-11-9-16-12-18/h3-4,6-7,9,11-13,17H,5,8,10H2,1-2H3. The lowest BCUT2D eigenvalue weighted by molar-refractivity contribution is 0.401. The van der Waals surface area contributed by atoms with Crippen molar-refractivity contribution in [2.45, 2.75) is 25.9 Å². The van der Waals surface area contributed by atoms with Gasteiger partial charge in [0.15, 0.2) is 0 Å². The first-order valence-electron chi connectivity index (χ1n) is 6.63. The lowest BCUT2D eigenvalue weighted by Crippen LogP contribution is -2.21. The third-order valence-corrected chi connectivity index (χ3v) is 3.21. The molecule has 1 atom stereocenters. The molecule has 0 aliphatic rings. The van der Waals surface area contributed by atoms with E-state index in [0.717, 1.165) is 25.3 Å². The first-order chi connectivity index (χ1) is 9.31. The number of methoxy groups -OCH3 is 1. The predicted molar refractivity (Wildman–Crippen MR) is 76.3 cm³/mol. The highest BCUT2D eigenvalue weighted by Crippen LogP contribution is 2.24. The van der Waals surface area contributed by atoms with Gasteiger partial charge >= 0.3 is 0 Å². The highest BCUT2D eigenvalue weighted by molar-refractivity contribution is 5.35. The van der Waals surface area contributed by atoms with E-state index >= 15 is 0 Å². The number of imidazole rings is 1. The van der Waals surface area contributed by atoms with Crippen LogP contribution in [-0.4, -0.2) is 23.2 Å². The minimum Gasteiger partial charge on any atom is -0.496 e. The van der Waals surface area contributed by atoms with Crippen molar-refractivity contribution < 1.29 is 4.74 Å². The van der Waals surface area contributed by atoms with Crippen LogP contribution in [0.2, 0.25) is 0 Å². The van der Waals surface area contributed by atoms with Crippen molar-refractivity contribution in [2.24, 2.45) is 0 Å². The first-order valence-corrected chi connectivity index (χ1v) is 6.63. The molecule has 0 fully saturated rings. The van der Waals surface area contributed by atoms with Gasteiger partial charge in [-0.3, -0.25) is 0 Å². The number of para-hydroxylation sites is 1. The number of nitrogens with one attached hydrogen (secondary N) is 1. The Balaban J connectivity index is 1.79. The molecule has 2 aromatic rings. The van der Waals surface area contributed by atoms with Gasteiger partial charge in [0, 0.05) is 30.5 Å². The Morgan fingerprint density at radius 1 is 1.37 bits per heavy atom. The van der Waals surface area contributed by atoms with Gasteiger partial charge in [0.05, 0.1) is 13.4 Å². The molecule has 0 saturated heterocycles. The van der Waals surface area contributed by atoms with Crippen LogP contribution >= 0.6 is 0 Å². The third-order valence-electron chi connectivity index (χ3n) is 3.21. The van der Waals surface area contributed by atoms with Crippen LogP contribution in [0.15, 0.2) is 43.0 Å². The van der Waals surface area contributed by atoms with Crippen LogP contribution in [0.3, 0.4) is 0 Å². The monoisotopic (exact) mass is 259 g/mol. The van der Waals surface area contributed by atoms with Crippen LogP contribution in [0.5, 0.6) is 5.75 Å². The van der Waals surface area contributed by atoms with Gasteiger partial charge in [-0.15, -0.1) is 0 Å². The second-order valence-electron chi connectivity index (χ2n) is 4.57. The van der Waals surface area contributed by atoms with E-state index in [9.17, 15) is 0 Å². The molecule has 1 N–H and O–H groups in total. The van der Waals surface area contributed by atoms with Gasteiger partial charge in [0.25, 0.3) is 0 Å². The third kappa shape index (κ3) is 3.83. The highest BCUT2D eigenvalue weighted by atomic mass is 16.5. The Morgan fingerprint density at radius 2 is 2.21 bits per heavy atom. The van der Waals surface area contributed by atoms with Crippen molar-refractivity contribution in [1.29, 1.82) is 0 Å². The van der Waals surface area contributed by atoms with Crippen molar-refractivity contribution >= 4 is 0 Å². The molecular formula is C15H21N3O. The number of benzene rings is 1. The number of hydrogen-bond donors (Lipinski definition) is 1. The molecule has 1 unspecified atom stereocenters. The summed E-state index contributed by atoms with van der Waals surface area (Å²) in [7, 11) is 1.71. The van der Waals surface area contributed by atoms with Crippen LogP contribution in [0.1, 0.15) is 24.9 Å². The number of aryl methyl sites for hydroxylation is 1. The van der Waals surface area contributed by atoms with E-state index < -0.39 is 0 Å². The number of ether oxygens (including phenoxy) is 1. The fourth-order valence-corrected chi connectivity index (χ4v) is 2.13. The van der Waals surface area contributed by atoms with E-state index in [1.165, 1.54) is 5.56 Å². The predicted octanol–water partition coefficient (Wildman–Crippen LogP) is 2.63. The molecule has 2 rings (SSSR count). The van der Waals surface area contributed by atoms with E-state index in [1.54, 1.807) is 7.11 Å². The van der Waals surface area contributed by atoms with Crippen LogP contribution < -0.4 is 10.1 Å². The van der Waals surface area contributed by atoms with Crippen LogP contribution in [0, 0.1) is 0 Å². The van der Waals surface area contributed by atoms with Gasteiger partial charge in [-0.25, -0.2) is 4.98 Å². The Morgan fingerprint density at radius 3 is 2.95 bits per heavy atom. The van der Waals surface area contributed by atoms with Crippen molar-refractivity contribution in [3.63, 3.8) is 0 Å². The van der Waals surface area contributed by atoms with Gasteiger partial charge in [-0.2, -0.15) is 0 Å². The molecule has 0 saturated carbocycles. The topological polar surface area (TPSA) is 39.1 Å². The number of hydrogen-bond acceptors (Lipinski definition) is 3. The van der Waals surface area contributed by atoms with Crippen molar-refractivity contribution in [2.75, 3.05) is 13.7 Å². The quantitative estimate of drug-likeness (QED) is 0.777. The molecule has 4 nitrogen and oxygen atoms in total. The summed E-state index contributed by atoms with van der Waals surface area (Å²) in [6.45, 7) is 4.12. The first kappa shape index (κ1) is 13.6. The van der Waals surface area contributed by atoms with E-state index in [1.807, 2.05) is 36.9 Å². The molecule has 0 radical (unpaired) electrons. The fourth-order valence-electron chi connectivity index (χ4n) is 2.13. The lowest BCUT2D eigenvalue weighted by atomic mass is 10.1. The van der Waals surface area contributed by atoms with Gasteiger partial charge in [0.2, 0.25) is 0 Å². The van der Waals surface area contributed by atoms with Gasteiger partial charge in [0.1, 0.15) is 5.75 Å². The van der Waals surface area contributed by atoms with Crippen molar-refractivity contribution in [3.8, 4) is 5.75 Å². The largest absolute Gasteiger partial charge is 0.496 e. The molecule has 0 bridgehead atoms. The van der Waals surface area contributed by atoms with E-state index in [4.69, 9.17) is 4.74 Å². The second-order valence-corrected chi connectivity index (χ2v) is 4.57. The lowest BCUT2D eigenvalue weighted by Gasteiger charge is -2.17. The summed E-state index contributed by atoms with van der Waals surface area (Å²) >= 11 is 0. The molecule has 0 amide bonds. The summed E-state index contributed by atoms with van der Waals surface area (Å²) in [5, 5.41) is 3.52. The highest BCUT2D eigenvalue weighted by Gasteiger charge is 2.09. The maximum atomic E-state index is 5.38. The summed E-state index contributed by atoms with van der Waals surface area (Å²) in [5.41, 5.74) is 1.20. The molecule has 0 spiro atoms. The molecule has 0 aliphatic carbocycles. The summed E-state index contributed by atoms with van der Waals surface area (Å²) < 4.78 is 7.47. The molecule has 4 heteroatoms. The zero-order chi connectivity index (χ0) is 13.5. The second kappa shape index (κ2) is 6.95. The summed E-state index contributed by atoms with van der Waals surface area (Å²) in [6.07, 6.45) is 6.73. The number of nitrogens with zero attached hydrogens (tertiary/aromatic N) is 2. The SMILES string of the molecule is COc1ccccc1C(C)NCCCn1ccnc1. The maximum absolute atomic E-state index is 5.38. The maximum Gasteiger partial charge on any atom is 0.123 e. The average Bonchev–Trinajstić information content (AvgIpc) is 2.96.